The Bertz CT molecular complexity index is 1550. The lowest BCUT2D eigenvalue weighted by molar-refractivity contribution is -0.133. The zero-order valence-electron chi connectivity index (χ0n) is 21.0. The molecule has 2 unspecified atom stereocenters. The molecule has 5 rings (SSSR count). The summed E-state index contributed by atoms with van der Waals surface area (Å²) in [5, 5.41) is 11.6. The highest BCUT2D eigenvalue weighted by atomic mass is 35.5. The molecule has 9 nitrogen and oxygen atoms in total. The number of nitrogens with zero attached hydrogens (tertiary/aromatic N) is 4. The van der Waals surface area contributed by atoms with Crippen LogP contribution in [0.25, 0.3) is 0 Å². The maximum atomic E-state index is 14.5. The summed E-state index contributed by atoms with van der Waals surface area (Å²) in [5.41, 5.74) is -0.356. The summed E-state index contributed by atoms with van der Waals surface area (Å²) in [6.45, 7) is 0. The van der Waals surface area contributed by atoms with Crippen molar-refractivity contribution in [1.82, 2.24) is 10.3 Å². The van der Waals surface area contributed by atoms with Crippen LogP contribution >= 0.6 is 11.6 Å². The molecule has 1 aliphatic carbocycles. The molecule has 1 N–H and O–H groups in total. The first-order valence-electron chi connectivity index (χ1n) is 12.4. The highest BCUT2D eigenvalue weighted by molar-refractivity contribution is 6.31. The molecule has 0 spiro atoms. The third-order valence-corrected chi connectivity index (χ3v) is 7.16. The van der Waals surface area contributed by atoms with Crippen LogP contribution in [0.4, 0.5) is 29.3 Å². The number of carbonyl (C=O) groups is 3. The van der Waals surface area contributed by atoms with Crippen molar-refractivity contribution in [1.29, 1.82) is 5.26 Å². The topological polar surface area (TPSA) is 120 Å². The number of carbonyl (C=O) groups excluding carboxylic acids is 3. The molecule has 0 radical (unpaired) electrons. The number of aromatic nitrogens is 1. The number of hydrogen-bond donors (Lipinski definition) is 1. The zero-order valence-corrected chi connectivity index (χ0v) is 21.7. The smallest absolute Gasteiger partial charge is 0.306 e. The number of halogens is 5. The lowest BCUT2D eigenvalue weighted by Gasteiger charge is -2.39. The van der Waals surface area contributed by atoms with E-state index in [9.17, 15) is 31.9 Å². The van der Waals surface area contributed by atoms with Crippen LogP contribution < -0.4 is 15.1 Å². The Balaban J connectivity index is 1.62. The van der Waals surface area contributed by atoms with Crippen LogP contribution in [0.3, 0.4) is 0 Å². The SMILES string of the molecule is N#Cc1cnc(N2C(=O)CCC2C(=O)N(c2cc(F)cc(F)c2)C(C(=O)NC2CC(F)(F)C2)c2ccccc2Cl)o1. The Hall–Kier alpha value is -4.44. The molecular weight excluding hydrogens is 570 g/mol. The van der Waals surface area contributed by atoms with Crippen molar-refractivity contribution in [2.75, 3.05) is 9.80 Å². The highest BCUT2D eigenvalue weighted by Gasteiger charge is 2.49. The van der Waals surface area contributed by atoms with E-state index in [1.54, 1.807) is 12.1 Å². The number of rotatable bonds is 7. The van der Waals surface area contributed by atoms with Crippen LogP contribution in [-0.4, -0.2) is 40.7 Å². The summed E-state index contributed by atoms with van der Waals surface area (Å²) in [4.78, 5) is 46.4. The number of benzene rings is 2. The van der Waals surface area contributed by atoms with Gasteiger partial charge in [-0.25, -0.2) is 22.5 Å². The first-order valence-corrected chi connectivity index (χ1v) is 12.7. The van der Waals surface area contributed by atoms with Gasteiger partial charge in [0.15, 0.2) is 0 Å². The molecule has 1 aromatic heterocycles. The van der Waals surface area contributed by atoms with Gasteiger partial charge >= 0.3 is 6.01 Å². The van der Waals surface area contributed by atoms with Gasteiger partial charge in [-0.1, -0.05) is 29.8 Å². The largest absolute Gasteiger partial charge is 0.412 e. The normalized spacial score (nSPS) is 18.9. The van der Waals surface area contributed by atoms with E-state index >= 15 is 0 Å². The van der Waals surface area contributed by atoms with Gasteiger partial charge in [-0.15, -0.1) is 0 Å². The number of hydrogen-bond acceptors (Lipinski definition) is 6. The average molecular weight is 590 g/mol. The standard InChI is InChI=1S/C27H20ClF4N5O4/c28-20-4-2-1-3-19(20)23(24(39)35-16-10-27(31,32)11-16)36(17-8-14(29)7-15(30)9-17)25(40)21-5-6-22(38)37(21)26-34-13-18(12-33)41-26/h1-4,7-9,13,16,21,23H,5-6,10-11H2,(H,35,39). The summed E-state index contributed by atoms with van der Waals surface area (Å²) < 4.78 is 61.3. The minimum Gasteiger partial charge on any atom is -0.412 e. The first kappa shape index (κ1) is 28.1. The van der Waals surface area contributed by atoms with Gasteiger partial charge in [-0.05, 0) is 24.6 Å². The van der Waals surface area contributed by atoms with Crippen LogP contribution in [0.15, 0.2) is 53.1 Å². The quantitative estimate of drug-likeness (QED) is 0.400. The van der Waals surface area contributed by atoms with E-state index in [-0.39, 0.29) is 35.2 Å². The molecule has 0 bridgehead atoms. The molecule has 2 atom stereocenters. The number of alkyl halides is 2. The second-order valence-electron chi connectivity index (χ2n) is 9.67. The molecule has 3 aromatic rings. The predicted octanol–water partition coefficient (Wildman–Crippen LogP) is 4.66. The first-order chi connectivity index (χ1) is 19.5. The van der Waals surface area contributed by atoms with E-state index in [2.05, 4.69) is 10.3 Å². The number of oxazole rings is 1. The van der Waals surface area contributed by atoms with Gasteiger partial charge in [0.05, 0.1) is 11.9 Å². The van der Waals surface area contributed by atoms with E-state index in [0.29, 0.717) is 6.07 Å². The summed E-state index contributed by atoms with van der Waals surface area (Å²) in [6.07, 6.45) is -0.454. The summed E-state index contributed by atoms with van der Waals surface area (Å²) >= 11 is 6.41. The highest BCUT2D eigenvalue weighted by Crippen LogP contribution is 2.40. The number of nitriles is 1. The van der Waals surface area contributed by atoms with Crippen LogP contribution in [-0.2, 0) is 14.4 Å². The minimum absolute atomic E-state index is 0.00646. The van der Waals surface area contributed by atoms with Crippen molar-refractivity contribution in [3.8, 4) is 6.07 Å². The van der Waals surface area contributed by atoms with E-state index in [1.807, 2.05) is 0 Å². The molecule has 2 fully saturated rings. The molecule has 2 aliphatic rings. The van der Waals surface area contributed by atoms with E-state index < -0.39 is 71.9 Å². The number of anilines is 2. The van der Waals surface area contributed by atoms with Gasteiger partial charge < -0.3 is 9.73 Å². The number of amides is 3. The van der Waals surface area contributed by atoms with Gasteiger partial charge in [0.25, 0.3) is 11.8 Å². The second kappa shape index (κ2) is 10.9. The van der Waals surface area contributed by atoms with E-state index in [4.69, 9.17) is 21.3 Å². The van der Waals surface area contributed by atoms with Gasteiger partial charge in [-0.3, -0.25) is 24.2 Å². The Morgan fingerprint density at radius 2 is 1.88 bits per heavy atom. The minimum atomic E-state index is -2.97. The lowest BCUT2D eigenvalue weighted by atomic mass is 9.87. The maximum absolute atomic E-state index is 14.5. The van der Waals surface area contributed by atoms with Crippen molar-refractivity contribution in [3.63, 3.8) is 0 Å². The van der Waals surface area contributed by atoms with Crippen molar-refractivity contribution >= 4 is 41.0 Å². The summed E-state index contributed by atoms with van der Waals surface area (Å²) in [5.74, 6) is -7.83. The molecule has 1 saturated heterocycles. The molecule has 3 amide bonds. The molecule has 1 saturated carbocycles. The molecule has 41 heavy (non-hydrogen) atoms. The molecule has 2 aromatic carbocycles. The third kappa shape index (κ3) is 5.60. The lowest BCUT2D eigenvalue weighted by Crippen LogP contribution is -2.56. The molecule has 1 aliphatic heterocycles. The van der Waals surface area contributed by atoms with Gasteiger partial charge in [0.1, 0.15) is 29.8 Å². The van der Waals surface area contributed by atoms with Crippen LogP contribution in [0.5, 0.6) is 0 Å². The molecule has 14 heteroatoms. The predicted molar refractivity (Wildman–Crippen MR) is 136 cm³/mol. The maximum Gasteiger partial charge on any atom is 0.306 e. The van der Waals surface area contributed by atoms with Gasteiger partial charge in [-0.2, -0.15) is 5.26 Å². The van der Waals surface area contributed by atoms with Crippen LogP contribution in [0.2, 0.25) is 5.02 Å². The Kier molecular flexibility index (Phi) is 7.44. The fraction of sp³-hybridized carbons (Fsp3) is 0.296. The van der Waals surface area contributed by atoms with Crippen molar-refractivity contribution in [2.24, 2.45) is 0 Å². The Morgan fingerprint density at radius 3 is 2.49 bits per heavy atom. The van der Waals surface area contributed by atoms with Crippen molar-refractivity contribution in [2.45, 2.75) is 49.7 Å². The number of nitrogens with one attached hydrogen (secondary N) is 1. The summed E-state index contributed by atoms with van der Waals surface area (Å²) in [6, 6.07) is 5.45. The average Bonchev–Trinajstić information content (AvgIpc) is 3.51. The van der Waals surface area contributed by atoms with Gasteiger partial charge in [0.2, 0.25) is 17.6 Å². The van der Waals surface area contributed by atoms with Crippen LogP contribution in [0, 0.1) is 23.0 Å². The molecule has 212 valence electrons. The van der Waals surface area contributed by atoms with Gasteiger partial charge in [0, 0.05) is 42.0 Å². The Morgan fingerprint density at radius 1 is 1.20 bits per heavy atom. The van der Waals surface area contributed by atoms with E-state index in [0.717, 1.165) is 28.1 Å². The van der Waals surface area contributed by atoms with Crippen molar-refractivity contribution in [3.05, 3.63) is 76.6 Å². The second-order valence-corrected chi connectivity index (χ2v) is 10.1. The van der Waals surface area contributed by atoms with Crippen molar-refractivity contribution < 1.29 is 36.4 Å². The Labute approximate surface area is 235 Å². The zero-order chi connectivity index (χ0) is 29.5. The van der Waals surface area contributed by atoms with Crippen LogP contribution in [0.1, 0.15) is 43.0 Å². The molecule has 2 heterocycles. The molecular formula is C27H20ClF4N5O4. The fourth-order valence-corrected chi connectivity index (χ4v) is 5.20. The monoisotopic (exact) mass is 589 g/mol. The summed E-state index contributed by atoms with van der Waals surface area (Å²) in [7, 11) is 0. The fourth-order valence-electron chi connectivity index (χ4n) is 4.97. The van der Waals surface area contributed by atoms with E-state index in [1.165, 1.54) is 18.2 Å². The third-order valence-electron chi connectivity index (χ3n) is 6.81.